The number of nitrogens with one attached hydrogen (secondary N) is 2. The van der Waals surface area contributed by atoms with Crippen LogP contribution in [0.4, 0.5) is 20.3 Å². The summed E-state index contributed by atoms with van der Waals surface area (Å²) >= 11 is 3.44. The third-order valence-corrected chi connectivity index (χ3v) is 6.97. The summed E-state index contributed by atoms with van der Waals surface area (Å²) in [5.41, 5.74) is 13.7. The van der Waals surface area contributed by atoms with Gasteiger partial charge < -0.3 is 22.1 Å². The van der Waals surface area contributed by atoms with E-state index in [4.69, 9.17) is 11.5 Å². The summed E-state index contributed by atoms with van der Waals surface area (Å²) < 4.78 is 30.7. The lowest BCUT2D eigenvalue weighted by molar-refractivity contribution is 0.102. The number of pyridine rings is 2. The molecule has 0 aliphatic heterocycles. The second kappa shape index (κ2) is 13.3. The van der Waals surface area contributed by atoms with Gasteiger partial charge in [-0.25, -0.2) is 13.8 Å². The highest BCUT2D eigenvalue weighted by Crippen LogP contribution is 2.31. The van der Waals surface area contributed by atoms with E-state index < -0.39 is 23.1 Å². The van der Waals surface area contributed by atoms with Crippen LogP contribution in [0.25, 0.3) is 22.4 Å². The first-order chi connectivity index (χ1) is 20.2. The zero-order valence-electron chi connectivity index (χ0n) is 22.8. The first-order valence-corrected chi connectivity index (χ1v) is 13.6. The Balaban J connectivity index is 1.68. The average Bonchev–Trinajstić information content (AvgIpc) is 2.97. The molecule has 0 bridgehead atoms. The van der Waals surface area contributed by atoms with Gasteiger partial charge in [0.2, 0.25) is 0 Å². The van der Waals surface area contributed by atoms with E-state index in [2.05, 4.69) is 36.5 Å². The normalized spacial score (nSPS) is 11.7. The number of halogens is 3. The van der Waals surface area contributed by atoms with Gasteiger partial charge in [0.15, 0.2) is 0 Å². The molecule has 216 valence electrons. The lowest BCUT2D eigenvalue weighted by Crippen LogP contribution is -2.32. The summed E-state index contributed by atoms with van der Waals surface area (Å²) in [4.78, 5) is 35.1. The van der Waals surface area contributed by atoms with Crippen molar-refractivity contribution in [1.82, 2.24) is 14.9 Å². The summed E-state index contributed by atoms with van der Waals surface area (Å²) in [6.07, 6.45) is 4.49. The van der Waals surface area contributed by atoms with Gasteiger partial charge >= 0.3 is 0 Å². The molecule has 0 aliphatic carbocycles. The number of allylic oxidation sites excluding steroid dienone is 1. The number of rotatable bonds is 9. The largest absolute Gasteiger partial charge is 0.404 e. The van der Waals surface area contributed by atoms with Gasteiger partial charge in [0.05, 0.1) is 5.69 Å². The van der Waals surface area contributed by atoms with Gasteiger partial charge in [-0.3, -0.25) is 19.1 Å². The van der Waals surface area contributed by atoms with Gasteiger partial charge in [-0.2, -0.15) is 0 Å². The van der Waals surface area contributed by atoms with Crippen molar-refractivity contribution in [3.05, 3.63) is 110 Å². The number of aliphatic imine (C=N–C) groups is 1. The highest BCUT2D eigenvalue weighted by atomic mass is 79.9. The monoisotopic (exact) mass is 635 g/mol. The maximum absolute atomic E-state index is 15.4. The fraction of sp³-hybridized carbons (Fsp3) is 0.133. The second-order valence-electron chi connectivity index (χ2n) is 9.06. The Morgan fingerprint density at radius 3 is 2.50 bits per heavy atom. The number of carbonyl (C=O) groups excluding carboxylic acids is 1. The van der Waals surface area contributed by atoms with Gasteiger partial charge in [-0.05, 0) is 84.5 Å². The number of amides is 1. The van der Waals surface area contributed by atoms with Gasteiger partial charge in [0.1, 0.15) is 23.0 Å². The molecule has 2 heterocycles. The molecule has 0 atom stereocenters. The lowest BCUT2D eigenvalue weighted by Gasteiger charge is -2.17. The van der Waals surface area contributed by atoms with E-state index >= 15 is 4.39 Å². The van der Waals surface area contributed by atoms with E-state index in [0.29, 0.717) is 39.1 Å². The van der Waals surface area contributed by atoms with Crippen molar-refractivity contribution < 1.29 is 13.6 Å². The van der Waals surface area contributed by atoms with Crippen molar-refractivity contribution in [3.63, 3.8) is 0 Å². The highest BCUT2D eigenvalue weighted by Gasteiger charge is 2.20. The number of nitrogens with zero attached hydrogens (tertiary/aromatic N) is 3. The van der Waals surface area contributed by atoms with Gasteiger partial charge in [-0.1, -0.05) is 0 Å². The Morgan fingerprint density at radius 1 is 1.12 bits per heavy atom. The van der Waals surface area contributed by atoms with E-state index in [-0.39, 0.29) is 29.2 Å². The number of nitrogens with two attached hydrogens (primary N) is 2. The topological polar surface area (TPSA) is 140 Å². The lowest BCUT2D eigenvalue weighted by atomic mass is 10.0. The van der Waals surface area contributed by atoms with Crippen molar-refractivity contribution in [2.75, 3.05) is 24.6 Å². The molecule has 2 aromatic carbocycles. The van der Waals surface area contributed by atoms with Crippen molar-refractivity contribution in [2.24, 2.45) is 10.7 Å². The number of anilines is 2. The zero-order chi connectivity index (χ0) is 30.4. The Bertz CT molecular complexity index is 1750. The standard InChI is InChI=1S/C30H28BrF2N7O2/c1-3-37-14-18(13-34)17-10-23(28(35)38-15-17)22-9-6-20(11-26(22)33)39-29(41)24-12-25(31)27(16-36-2)40(30(24)42)21-7-4-19(32)5-8-21/h4-15,36H,3,16,34H2,1-2H3,(H2,35,38)(H,39,41). The van der Waals surface area contributed by atoms with E-state index in [1.54, 1.807) is 19.3 Å². The maximum atomic E-state index is 15.4. The van der Waals surface area contributed by atoms with Crippen LogP contribution in [0.2, 0.25) is 0 Å². The number of nitrogen functional groups attached to an aromatic ring is 1. The molecule has 12 heteroatoms. The van der Waals surface area contributed by atoms with Crippen molar-refractivity contribution >= 4 is 45.1 Å². The van der Waals surface area contributed by atoms with E-state index in [9.17, 15) is 14.0 Å². The number of benzene rings is 2. The summed E-state index contributed by atoms with van der Waals surface area (Å²) in [6, 6.07) is 12.5. The van der Waals surface area contributed by atoms with E-state index in [1.165, 1.54) is 59.4 Å². The summed E-state index contributed by atoms with van der Waals surface area (Å²) in [7, 11) is 1.71. The first kappa shape index (κ1) is 30.3. The van der Waals surface area contributed by atoms with Gasteiger partial charge in [0, 0.05) is 69.8 Å². The number of hydrogen-bond acceptors (Lipinski definition) is 7. The van der Waals surface area contributed by atoms with Crippen molar-refractivity contribution in [3.8, 4) is 16.8 Å². The molecular weight excluding hydrogens is 608 g/mol. The zero-order valence-corrected chi connectivity index (χ0v) is 24.4. The number of aromatic nitrogens is 2. The Labute approximate surface area is 249 Å². The quantitative estimate of drug-likeness (QED) is 0.193. The molecule has 9 nitrogen and oxygen atoms in total. The molecule has 0 radical (unpaired) electrons. The molecule has 0 aliphatic rings. The van der Waals surface area contributed by atoms with E-state index in [0.717, 1.165) is 6.07 Å². The minimum absolute atomic E-state index is 0.103. The SMILES string of the molecule is CCN=CC(=CN)c1cnc(N)c(-c2ccc(NC(=O)c3cc(Br)c(CNC)n(-c4ccc(F)cc4)c3=O)cc2F)c1. The Hall–Kier alpha value is -4.68. The van der Waals surface area contributed by atoms with Crippen LogP contribution in [-0.2, 0) is 6.54 Å². The van der Waals surface area contributed by atoms with Crippen LogP contribution < -0.4 is 27.7 Å². The summed E-state index contributed by atoms with van der Waals surface area (Å²) in [5, 5.41) is 5.56. The number of hydrogen-bond donors (Lipinski definition) is 4. The molecule has 0 unspecified atom stereocenters. The predicted molar refractivity (Wildman–Crippen MR) is 166 cm³/mol. The maximum Gasteiger partial charge on any atom is 0.268 e. The predicted octanol–water partition coefficient (Wildman–Crippen LogP) is 4.88. The van der Waals surface area contributed by atoms with Crippen LogP contribution in [0, 0.1) is 11.6 Å². The molecule has 0 saturated carbocycles. The van der Waals surface area contributed by atoms with Crippen LogP contribution in [0.3, 0.4) is 0 Å². The summed E-state index contributed by atoms with van der Waals surface area (Å²) in [6.45, 7) is 2.73. The average molecular weight is 637 g/mol. The van der Waals surface area contributed by atoms with Crippen LogP contribution in [0.5, 0.6) is 0 Å². The van der Waals surface area contributed by atoms with Crippen molar-refractivity contribution in [2.45, 2.75) is 13.5 Å². The molecular formula is C30H28BrF2N7O2. The molecule has 0 spiro atoms. The molecule has 4 aromatic rings. The number of carbonyl (C=O) groups is 1. The van der Waals surface area contributed by atoms with E-state index in [1.807, 2.05) is 6.92 Å². The smallest absolute Gasteiger partial charge is 0.268 e. The molecule has 42 heavy (non-hydrogen) atoms. The van der Waals surface area contributed by atoms with Crippen molar-refractivity contribution in [1.29, 1.82) is 0 Å². The third-order valence-electron chi connectivity index (χ3n) is 6.29. The van der Waals surface area contributed by atoms with Gasteiger partial charge in [0.25, 0.3) is 11.5 Å². The Kier molecular flexibility index (Phi) is 9.60. The van der Waals surface area contributed by atoms with Crippen LogP contribution in [0.15, 0.2) is 81.3 Å². The molecule has 0 saturated heterocycles. The van der Waals surface area contributed by atoms with Crippen LogP contribution in [-0.4, -0.2) is 35.3 Å². The molecule has 1 amide bonds. The van der Waals surface area contributed by atoms with Gasteiger partial charge in [-0.15, -0.1) is 0 Å². The van der Waals surface area contributed by atoms with Crippen LogP contribution >= 0.6 is 15.9 Å². The fourth-order valence-electron chi connectivity index (χ4n) is 4.24. The minimum Gasteiger partial charge on any atom is -0.404 e. The van der Waals surface area contributed by atoms with Crippen LogP contribution in [0.1, 0.15) is 28.5 Å². The second-order valence-corrected chi connectivity index (χ2v) is 9.91. The molecule has 0 fully saturated rings. The summed E-state index contributed by atoms with van der Waals surface area (Å²) in [5.74, 6) is -1.79. The highest BCUT2D eigenvalue weighted by molar-refractivity contribution is 9.10. The third kappa shape index (κ3) is 6.45. The molecule has 2 aromatic heterocycles. The Morgan fingerprint density at radius 2 is 1.86 bits per heavy atom. The molecule has 6 N–H and O–H groups in total. The molecule has 4 rings (SSSR count). The fourth-order valence-corrected chi connectivity index (χ4v) is 4.79. The first-order valence-electron chi connectivity index (χ1n) is 12.8. The minimum atomic E-state index is -0.754.